The second kappa shape index (κ2) is 7.85. The number of urea groups is 1. The highest BCUT2D eigenvalue weighted by atomic mass is 16.3. The normalized spacial score (nSPS) is 17.4. The van der Waals surface area contributed by atoms with Gasteiger partial charge in [0.25, 0.3) is 0 Å². The van der Waals surface area contributed by atoms with Crippen LogP contribution >= 0.6 is 0 Å². The smallest absolute Gasteiger partial charge is 0.319 e. The van der Waals surface area contributed by atoms with Crippen molar-refractivity contribution in [3.8, 4) is 0 Å². The molecule has 0 radical (unpaired) electrons. The van der Waals surface area contributed by atoms with Gasteiger partial charge in [-0.2, -0.15) is 0 Å². The average molecular weight is 277 g/mol. The molecular formula is C15H23N3O2. The van der Waals surface area contributed by atoms with Crippen molar-refractivity contribution in [3.63, 3.8) is 0 Å². The van der Waals surface area contributed by atoms with E-state index in [-0.39, 0.29) is 18.7 Å². The summed E-state index contributed by atoms with van der Waals surface area (Å²) in [5.41, 5.74) is 0.726. The zero-order valence-corrected chi connectivity index (χ0v) is 11.7. The summed E-state index contributed by atoms with van der Waals surface area (Å²) in [5.74, 6) is 0.485. The maximum absolute atomic E-state index is 12.0. The lowest BCUT2D eigenvalue weighted by atomic mass is 9.83. The van der Waals surface area contributed by atoms with Crippen LogP contribution in [-0.2, 0) is 0 Å². The van der Waals surface area contributed by atoms with Crippen LogP contribution in [0.15, 0.2) is 24.5 Å². The SMILES string of the molecule is O=C(Nc1ccncc1)NC(CCO)C1CCCCC1. The minimum atomic E-state index is -0.208. The Balaban J connectivity index is 1.88. The van der Waals surface area contributed by atoms with E-state index in [1.807, 2.05) is 0 Å². The molecule has 1 atom stereocenters. The van der Waals surface area contributed by atoms with Crippen molar-refractivity contribution in [2.75, 3.05) is 11.9 Å². The molecule has 0 saturated heterocycles. The van der Waals surface area contributed by atoms with Gasteiger partial charge in [0.05, 0.1) is 0 Å². The fraction of sp³-hybridized carbons (Fsp3) is 0.600. The van der Waals surface area contributed by atoms with Gasteiger partial charge in [-0.25, -0.2) is 4.79 Å². The molecule has 1 fully saturated rings. The van der Waals surface area contributed by atoms with Crippen LogP contribution in [0, 0.1) is 5.92 Å². The predicted octanol–water partition coefficient (Wildman–Crippen LogP) is 2.53. The fourth-order valence-electron chi connectivity index (χ4n) is 2.87. The molecule has 5 heteroatoms. The third-order valence-corrected chi connectivity index (χ3v) is 3.91. The Morgan fingerprint density at radius 1 is 1.30 bits per heavy atom. The molecular weight excluding hydrogens is 254 g/mol. The van der Waals surface area contributed by atoms with E-state index in [4.69, 9.17) is 0 Å². The maximum Gasteiger partial charge on any atom is 0.319 e. The van der Waals surface area contributed by atoms with Crippen LogP contribution in [0.2, 0.25) is 0 Å². The standard InChI is InChI=1S/C15H23N3O2/c19-11-8-14(12-4-2-1-3-5-12)18-15(20)17-13-6-9-16-10-7-13/h6-7,9-10,12,14,19H,1-5,8,11H2,(H2,16,17,18,20). The number of amides is 2. The highest BCUT2D eigenvalue weighted by Gasteiger charge is 2.24. The summed E-state index contributed by atoms with van der Waals surface area (Å²) >= 11 is 0. The number of nitrogens with zero attached hydrogens (tertiary/aromatic N) is 1. The summed E-state index contributed by atoms with van der Waals surface area (Å²) in [6, 6.07) is 3.35. The van der Waals surface area contributed by atoms with E-state index < -0.39 is 0 Å². The minimum Gasteiger partial charge on any atom is -0.396 e. The predicted molar refractivity (Wildman–Crippen MR) is 78.5 cm³/mol. The van der Waals surface area contributed by atoms with Crippen molar-refractivity contribution in [1.82, 2.24) is 10.3 Å². The van der Waals surface area contributed by atoms with Gasteiger partial charge in [-0.05, 0) is 37.3 Å². The minimum absolute atomic E-state index is 0.0575. The van der Waals surface area contributed by atoms with Gasteiger partial charge in [0.15, 0.2) is 0 Å². The fourth-order valence-corrected chi connectivity index (χ4v) is 2.87. The number of rotatable bonds is 5. The van der Waals surface area contributed by atoms with Gasteiger partial charge >= 0.3 is 6.03 Å². The third kappa shape index (κ3) is 4.49. The number of aliphatic hydroxyl groups is 1. The molecule has 1 aliphatic carbocycles. The van der Waals surface area contributed by atoms with Crippen molar-refractivity contribution in [2.45, 2.75) is 44.6 Å². The summed E-state index contributed by atoms with van der Waals surface area (Å²) < 4.78 is 0. The molecule has 0 aromatic carbocycles. The Labute approximate surface area is 119 Å². The average Bonchev–Trinajstić information content (AvgIpc) is 2.49. The van der Waals surface area contributed by atoms with Gasteiger partial charge in [0.1, 0.15) is 0 Å². The van der Waals surface area contributed by atoms with E-state index in [0.29, 0.717) is 12.3 Å². The lowest BCUT2D eigenvalue weighted by Gasteiger charge is -2.30. The lowest BCUT2D eigenvalue weighted by Crippen LogP contribution is -2.43. The second-order valence-electron chi connectivity index (χ2n) is 5.35. The Hall–Kier alpha value is -1.62. The number of carbonyl (C=O) groups excluding carboxylic acids is 1. The van der Waals surface area contributed by atoms with E-state index in [1.165, 1.54) is 19.3 Å². The molecule has 3 N–H and O–H groups in total. The summed E-state index contributed by atoms with van der Waals surface area (Å²) in [6.45, 7) is 0.108. The number of carbonyl (C=O) groups is 1. The number of pyridine rings is 1. The molecule has 1 aliphatic rings. The first kappa shape index (κ1) is 14.8. The van der Waals surface area contributed by atoms with Crippen LogP contribution in [0.25, 0.3) is 0 Å². The molecule has 1 saturated carbocycles. The summed E-state index contributed by atoms with van der Waals surface area (Å²) in [6.07, 6.45) is 9.91. The number of anilines is 1. The Kier molecular flexibility index (Phi) is 5.80. The van der Waals surface area contributed by atoms with E-state index in [2.05, 4.69) is 15.6 Å². The zero-order chi connectivity index (χ0) is 14.2. The molecule has 110 valence electrons. The number of hydrogen-bond acceptors (Lipinski definition) is 3. The Morgan fingerprint density at radius 3 is 2.65 bits per heavy atom. The number of aromatic nitrogens is 1. The highest BCUT2D eigenvalue weighted by Crippen LogP contribution is 2.27. The van der Waals surface area contributed by atoms with Crippen LogP contribution < -0.4 is 10.6 Å². The number of nitrogens with one attached hydrogen (secondary N) is 2. The first-order valence-electron chi connectivity index (χ1n) is 7.38. The van der Waals surface area contributed by atoms with Gasteiger partial charge < -0.3 is 15.7 Å². The lowest BCUT2D eigenvalue weighted by molar-refractivity contribution is 0.202. The molecule has 2 rings (SSSR count). The molecule has 20 heavy (non-hydrogen) atoms. The van der Waals surface area contributed by atoms with Gasteiger partial charge in [0, 0.05) is 30.7 Å². The Morgan fingerprint density at radius 2 is 2.00 bits per heavy atom. The van der Waals surface area contributed by atoms with Crippen LogP contribution in [0.5, 0.6) is 0 Å². The van der Waals surface area contributed by atoms with Gasteiger partial charge in [-0.15, -0.1) is 0 Å². The number of hydrogen-bond donors (Lipinski definition) is 3. The zero-order valence-electron chi connectivity index (χ0n) is 11.7. The summed E-state index contributed by atoms with van der Waals surface area (Å²) in [5, 5.41) is 15.0. The first-order valence-corrected chi connectivity index (χ1v) is 7.38. The van der Waals surface area contributed by atoms with E-state index >= 15 is 0 Å². The monoisotopic (exact) mass is 277 g/mol. The largest absolute Gasteiger partial charge is 0.396 e. The molecule has 5 nitrogen and oxygen atoms in total. The Bertz CT molecular complexity index is 405. The summed E-state index contributed by atoms with van der Waals surface area (Å²) in [7, 11) is 0. The molecule has 0 spiro atoms. The van der Waals surface area contributed by atoms with E-state index in [9.17, 15) is 9.90 Å². The van der Waals surface area contributed by atoms with Gasteiger partial charge in [-0.3, -0.25) is 4.98 Å². The molecule has 1 aromatic heterocycles. The van der Waals surface area contributed by atoms with Crippen LogP contribution in [0.1, 0.15) is 38.5 Å². The molecule has 1 aromatic rings. The first-order chi connectivity index (χ1) is 9.79. The maximum atomic E-state index is 12.0. The highest BCUT2D eigenvalue weighted by molar-refractivity contribution is 5.89. The molecule has 0 aliphatic heterocycles. The molecule has 2 amide bonds. The van der Waals surface area contributed by atoms with Gasteiger partial charge in [0.2, 0.25) is 0 Å². The van der Waals surface area contributed by atoms with Crippen molar-refractivity contribution in [3.05, 3.63) is 24.5 Å². The van der Waals surface area contributed by atoms with E-state index in [1.54, 1.807) is 24.5 Å². The molecule has 1 unspecified atom stereocenters. The molecule has 0 bridgehead atoms. The van der Waals surface area contributed by atoms with Crippen molar-refractivity contribution < 1.29 is 9.90 Å². The van der Waals surface area contributed by atoms with Crippen molar-refractivity contribution >= 4 is 11.7 Å². The van der Waals surface area contributed by atoms with Crippen LogP contribution in [0.3, 0.4) is 0 Å². The third-order valence-electron chi connectivity index (χ3n) is 3.91. The van der Waals surface area contributed by atoms with Crippen LogP contribution in [0.4, 0.5) is 10.5 Å². The second-order valence-corrected chi connectivity index (χ2v) is 5.35. The van der Waals surface area contributed by atoms with Crippen molar-refractivity contribution in [2.24, 2.45) is 5.92 Å². The van der Waals surface area contributed by atoms with Crippen LogP contribution in [-0.4, -0.2) is 28.8 Å². The van der Waals surface area contributed by atoms with Crippen molar-refractivity contribution in [1.29, 1.82) is 0 Å². The molecule has 1 heterocycles. The number of aliphatic hydroxyl groups excluding tert-OH is 1. The summed E-state index contributed by atoms with van der Waals surface area (Å²) in [4.78, 5) is 15.9. The van der Waals surface area contributed by atoms with E-state index in [0.717, 1.165) is 18.5 Å². The topological polar surface area (TPSA) is 74.2 Å². The van der Waals surface area contributed by atoms with Gasteiger partial charge in [-0.1, -0.05) is 19.3 Å². The quantitative estimate of drug-likeness (QED) is 0.774.